The zero-order chi connectivity index (χ0) is 18.8. The third-order valence-corrected chi connectivity index (χ3v) is 5.45. The molecule has 4 rings (SSSR count). The molecule has 0 radical (unpaired) electrons. The molecule has 0 aliphatic rings. The van der Waals surface area contributed by atoms with Crippen LogP contribution in [0.3, 0.4) is 0 Å². The van der Waals surface area contributed by atoms with E-state index in [1.807, 2.05) is 30.4 Å². The van der Waals surface area contributed by atoms with Crippen molar-refractivity contribution in [3.63, 3.8) is 0 Å². The van der Waals surface area contributed by atoms with Crippen molar-refractivity contribution in [2.24, 2.45) is 0 Å². The Hall–Kier alpha value is -3.11. The van der Waals surface area contributed by atoms with Gasteiger partial charge in [-0.3, -0.25) is 4.79 Å². The summed E-state index contributed by atoms with van der Waals surface area (Å²) in [4.78, 5) is 15.4. The summed E-state index contributed by atoms with van der Waals surface area (Å²) in [5, 5.41) is 1.14. The number of aryl methyl sites for hydroxylation is 1. The molecule has 1 N–H and O–H groups in total. The molecule has 0 spiro atoms. The Kier molecular flexibility index (Phi) is 4.65. The minimum atomic E-state index is -0.0566. The van der Waals surface area contributed by atoms with Gasteiger partial charge in [-0.1, -0.05) is 54.1 Å². The molecule has 0 saturated heterocycles. The van der Waals surface area contributed by atoms with Crippen molar-refractivity contribution in [2.75, 3.05) is 0 Å². The van der Waals surface area contributed by atoms with Gasteiger partial charge in [0.1, 0.15) is 0 Å². The van der Waals surface area contributed by atoms with Crippen LogP contribution in [0.1, 0.15) is 16.7 Å². The number of aromatic amines is 1. The minimum absolute atomic E-state index is 0.0566. The van der Waals surface area contributed by atoms with Crippen molar-refractivity contribution in [1.29, 1.82) is 0 Å². The summed E-state index contributed by atoms with van der Waals surface area (Å²) in [5.74, 6) is 0. The van der Waals surface area contributed by atoms with E-state index in [9.17, 15) is 4.79 Å². The first-order valence-corrected chi connectivity index (χ1v) is 9.64. The summed E-state index contributed by atoms with van der Waals surface area (Å²) in [7, 11) is 0. The van der Waals surface area contributed by atoms with E-state index < -0.39 is 0 Å². The summed E-state index contributed by atoms with van der Waals surface area (Å²) >= 11 is 1.48. The number of allylic oxidation sites excluding steroid dienone is 1. The second-order valence-electron chi connectivity index (χ2n) is 6.53. The van der Waals surface area contributed by atoms with Gasteiger partial charge in [0.15, 0.2) is 0 Å². The van der Waals surface area contributed by atoms with Crippen LogP contribution in [0.2, 0.25) is 0 Å². The van der Waals surface area contributed by atoms with Crippen LogP contribution in [0.15, 0.2) is 72.2 Å². The fourth-order valence-electron chi connectivity index (χ4n) is 3.16. The second-order valence-corrected chi connectivity index (χ2v) is 7.61. The number of rotatable bonds is 4. The summed E-state index contributed by atoms with van der Waals surface area (Å²) in [6.07, 6.45) is 7.93. The van der Waals surface area contributed by atoms with E-state index in [1.165, 1.54) is 16.9 Å². The number of para-hydroxylation sites is 1. The van der Waals surface area contributed by atoms with Gasteiger partial charge < -0.3 is 9.55 Å². The molecule has 4 heteroatoms. The largest absolute Gasteiger partial charge is 0.343 e. The number of nitrogens with zero attached hydrogens (tertiary/aromatic N) is 1. The van der Waals surface area contributed by atoms with Crippen molar-refractivity contribution in [2.45, 2.75) is 13.5 Å². The van der Waals surface area contributed by atoms with Crippen molar-refractivity contribution in [3.05, 3.63) is 104 Å². The normalized spacial score (nSPS) is 12.8. The Balaban J connectivity index is 1.83. The Labute approximate surface area is 161 Å². The van der Waals surface area contributed by atoms with Gasteiger partial charge in [-0.15, -0.1) is 17.9 Å². The van der Waals surface area contributed by atoms with Gasteiger partial charge in [-0.05, 0) is 30.7 Å². The highest BCUT2D eigenvalue weighted by Crippen LogP contribution is 2.21. The number of hydrogen-bond donors (Lipinski definition) is 1. The molecule has 2 heterocycles. The molecule has 0 fully saturated rings. The summed E-state index contributed by atoms with van der Waals surface area (Å²) in [6.45, 7) is 6.63. The molecule has 0 atom stereocenters. The van der Waals surface area contributed by atoms with Crippen LogP contribution in [-0.2, 0) is 6.54 Å². The third kappa shape index (κ3) is 3.57. The maximum absolute atomic E-state index is 12.4. The Morgan fingerprint density at radius 3 is 2.67 bits per heavy atom. The first-order valence-electron chi connectivity index (χ1n) is 8.82. The SMILES string of the molecule is C=CCn1cc(/C=c2/s/c(=C\c3ccc(C)cc3)[nH]c2=O)c2ccccc21. The Morgan fingerprint density at radius 2 is 1.89 bits per heavy atom. The fraction of sp³-hybridized carbons (Fsp3) is 0.0870. The highest BCUT2D eigenvalue weighted by atomic mass is 32.1. The molecular formula is C23H20N2OS. The van der Waals surface area contributed by atoms with Crippen LogP contribution >= 0.6 is 11.3 Å². The van der Waals surface area contributed by atoms with Crippen LogP contribution in [0.4, 0.5) is 0 Å². The molecule has 2 aromatic heterocycles. The number of nitrogens with one attached hydrogen (secondary N) is 1. The van der Waals surface area contributed by atoms with Gasteiger partial charge in [-0.25, -0.2) is 0 Å². The number of aromatic nitrogens is 2. The van der Waals surface area contributed by atoms with E-state index in [1.54, 1.807) is 0 Å². The molecule has 2 aromatic carbocycles. The molecular weight excluding hydrogens is 352 g/mol. The van der Waals surface area contributed by atoms with Crippen LogP contribution in [0.5, 0.6) is 0 Å². The molecule has 0 saturated carbocycles. The molecule has 0 bridgehead atoms. The second kappa shape index (κ2) is 7.25. The maximum atomic E-state index is 12.4. The Morgan fingerprint density at radius 1 is 1.11 bits per heavy atom. The number of thiazole rings is 1. The smallest absolute Gasteiger partial charge is 0.266 e. The van der Waals surface area contributed by atoms with Crippen LogP contribution in [0, 0.1) is 6.92 Å². The van der Waals surface area contributed by atoms with Crippen molar-refractivity contribution in [1.82, 2.24) is 9.55 Å². The molecule has 0 unspecified atom stereocenters. The zero-order valence-corrected chi connectivity index (χ0v) is 15.9. The van der Waals surface area contributed by atoms with Crippen molar-refractivity contribution >= 4 is 34.4 Å². The third-order valence-electron chi connectivity index (χ3n) is 4.49. The maximum Gasteiger partial charge on any atom is 0.266 e. The molecule has 3 nitrogen and oxygen atoms in total. The average Bonchev–Trinajstić information content (AvgIpc) is 3.19. The van der Waals surface area contributed by atoms with Gasteiger partial charge in [0.2, 0.25) is 0 Å². The summed E-state index contributed by atoms with van der Waals surface area (Å²) < 4.78 is 3.70. The summed E-state index contributed by atoms with van der Waals surface area (Å²) in [6, 6.07) is 16.5. The van der Waals surface area contributed by atoms with Gasteiger partial charge in [0, 0.05) is 29.2 Å². The van der Waals surface area contributed by atoms with Gasteiger partial charge >= 0.3 is 0 Å². The average molecular weight is 372 g/mol. The lowest BCUT2D eigenvalue weighted by Gasteiger charge is -1.98. The lowest BCUT2D eigenvalue weighted by Crippen LogP contribution is -2.19. The number of hydrogen-bond acceptors (Lipinski definition) is 2. The lowest BCUT2D eigenvalue weighted by molar-refractivity contribution is 0.864. The first-order chi connectivity index (χ1) is 13.1. The van der Waals surface area contributed by atoms with Crippen molar-refractivity contribution < 1.29 is 0 Å². The molecule has 0 aliphatic carbocycles. The molecule has 4 aromatic rings. The van der Waals surface area contributed by atoms with E-state index in [-0.39, 0.29) is 5.56 Å². The van der Waals surface area contributed by atoms with Crippen LogP contribution in [-0.4, -0.2) is 9.55 Å². The standard InChI is InChI=1S/C23H20N2OS/c1-3-12-25-15-18(19-6-4-5-7-20(19)25)14-21-23(26)24-22(27-21)13-17-10-8-16(2)9-11-17/h3-11,13-15H,1,12H2,2H3,(H,24,26)/b21-14+,22-13-. The van der Waals surface area contributed by atoms with E-state index in [4.69, 9.17) is 0 Å². The Bertz CT molecular complexity index is 1290. The predicted octanol–water partition coefficient (Wildman–Crippen LogP) is 3.54. The zero-order valence-electron chi connectivity index (χ0n) is 15.1. The lowest BCUT2D eigenvalue weighted by atomic mass is 10.1. The molecule has 27 heavy (non-hydrogen) atoms. The van der Waals surface area contributed by atoms with E-state index >= 15 is 0 Å². The van der Waals surface area contributed by atoms with Crippen LogP contribution in [0.25, 0.3) is 23.1 Å². The van der Waals surface area contributed by atoms with E-state index in [0.29, 0.717) is 4.53 Å². The number of fused-ring (bicyclic) bond motifs is 1. The fourth-order valence-corrected chi connectivity index (χ4v) is 4.07. The molecule has 0 aliphatic heterocycles. The van der Waals surface area contributed by atoms with Crippen molar-refractivity contribution in [3.8, 4) is 0 Å². The van der Waals surface area contributed by atoms with E-state index in [2.05, 4.69) is 65.6 Å². The topological polar surface area (TPSA) is 37.8 Å². The molecule has 0 amide bonds. The minimum Gasteiger partial charge on any atom is -0.343 e. The van der Waals surface area contributed by atoms with Gasteiger partial charge in [0.05, 0.1) is 9.20 Å². The quantitative estimate of drug-likeness (QED) is 0.547. The van der Waals surface area contributed by atoms with E-state index in [0.717, 1.165) is 33.2 Å². The first kappa shape index (κ1) is 17.3. The highest BCUT2D eigenvalue weighted by molar-refractivity contribution is 7.07. The molecule has 134 valence electrons. The number of H-pyrrole nitrogens is 1. The predicted molar refractivity (Wildman–Crippen MR) is 115 cm³/mol. The monoisotopic (exact) mass is 372 g/mol. The van der Waals surface area contributed by atoms with Gasteiger partial charge in [0.25, 0.3) is 5.56 Å². The highest BCUT2D eigenvalue weighted by Gasteiger charge is 2.06. The summed E-state index contributed by atoms with van der Waals surface area (Å²) in [5.41, 5.74) is 4.42. The number of benzene rings is 2. The van der Waals surface area contributed by atoms with Crippen LogP contribution < -0.4 is 14.8 Å². The van der Waals surface area contributed by atoms with Gasteiger partial charge in [-0.2, -0.15) is 0 Å².